The van der Waals surface area contributed by atoms with Gasteiger partial charge in [-0.05, 0) is 60.2 Å². The molecule has 2 aromatic carbocycles. The maximum absolute atomic E-state index is 12.2. The fraction of sp³-hybridized carbons (Fsp3) is 0.381. The van der Waals surface area contributed by atoms with Crippen LogP contribution >= 0.6 is 0 Å². The van der Waals surface area contributed by atoms with Gasteiger partial charge >= 0.3 is 6.03 Å². The molecule has 26 heavy (non-hydrogen) atoms. The number of ether oxygens (including phenoxy) is 1. The maximum atomic E-state index is 12.2. The number of benzene rings is 2. The largest absolute Gasteiger partial charge is 0.378 e. The summed E-state index contributed by atoms with van der Waals surface area (Å²) in [7, 11) is 0. The lowest BCUT2D eigenvalue weighted by atomic mass is 10.1. The molecule has 0 aromatic heterocycles. The molecule has 0 unspecified atom stereocenters. The first-order chi connectivity index (χ1) is 12.8. The van der Waals surface area contributed by atoms with E-state index < -0.39 is 0 Å². The van der Waals surface area contributed by atoms with Crippen LogP contribution in [-0.2, 0) is 24.1 Å². The van der Waals surface area contributed by atoms with Gasteiger partial charge in [-0.3, -0.25) is 0 Å². The van der Waals surface area contributed by atoms with E-state index in [1.165, 1.54) is 23.2 Å². The smallest absolute Gasteiger partial charge is 0.319 e. The van der Waals surface area contributed by atoms with Gasteiger partial charge < -0.3 is 20.3 Å². The summed E-state index contributed by atoms with van der Waals surface area (Å²) in [5, 5.41) is 5.86. The second kappa shape index (κ2) is 7.79. The van der Waals surface area contributed by atoms with Crippen molar-refractivity contribution < 1.29 is 9.53 Å². The van der Waals surface area contributed by atoms with Crippen molar-refractivity contribution in [3.05, 3.63) is 59.2 Å². The van der Waals surface area contributed by atoms with Crippen LogP contribution in [0.3, 0.4) is 0 Å². The normalized spacial score (nSPS) is 16.2. The number of morpholine rings is 1. The van der Waals surface area contributed by atoms with Gasteiger partial charge in [0.1, 0.15) is 0 Å². The molecule has 4 rings (SSSR count). The summed E-state index contributed by atoms with van der Waals surface area (Å²) in [6.45, 7) is 3.94. The van der Waals surface area contributed by atoms with Crippen LogP contribution in [0.1, 0.15) is 23.1 Å². The van der Waals surface area contributed by atoms with Crippen LogP contribution < -0.4 is 15.5 Å². The molecule has 2 N–H and O–H groups in total. The first-order valence-corrected chi connectivity index (χ1v) is 9.36. The Hall–Kier alpha value is -2.53. The molecule has 0 radical (unpaired) electrons. The molecule has 136 valence electrons. The predicted molar refractivity (Wildman–Crippen MR) is 104 cm³/mol. The topological polar surface area (TPSA) is 53.6 Å². The van der Waals surface area contributed by atoms with Crippen LogP contribution in [0.5, 0.6) is 0 Å². The number of nitrogens with zero attached hydrogens (tertiary/aromatic N) is 1. The highest BCUT2D eigenvalue weighted by atomic mass is 16.5. The van der Waals surface area contributed by atoms with E-state index in [4.69, 9.17) is 4.74 Å². The highest BCUT2D eigenvalue weighted by Crippen LogP contribution is 2.24. The van der Waals surface area contributed by atoms with Crippen LogP contribution in [0.2, 0.25) is 0 Å². The van der Waals surface area contributed by atoms with E-state index in [-0.39, 0.29) is 6.03 Å². The number of carbonyl (C=O) groups excluding carboxylic acids is 1. The zero-order chi connectivity index (χ0) is 17.8. The Balaban J connectivity index is 1.28. The molecule has 1 fully saturated rings. The quantitative estimate of drug-likeness (QED) is 0.888. The molecule has 0 atom stereocenters. The van der Waals surface area contributed by atoms with Gasteiger partial charge in [0, 0.05) is 31.0 Å². The summed E-state index contributed by atoms with van der Waals surface area (Å²) in [6.07, 6.45) is 3.48. The third kappa shape index (κ3) is 3.99. The first kappa shape index (κ1) is 16.9. The van der Waals surface area contributed by atoms with Gasteiger partial charge in [-0.15, -0.1) is 0 Å². The predicted octanol–water partition coefficient (Wildman–Crippen LogP) is 3.33. The van der Waals surface area contributed by atoms with Crippen LogP contribution in [0.15, 0.2) is 42.5 Å². The van der Waals surface area contributed by atoms with Crippen molar-refractivity contribution in [2.45, 2.75) is 25.8 Å². The highest BCUT2D eigenvalue weighted by molar-refractivity contribution is 5.89. The number of carbonyl (C=O) groups is 1. The Bertz CT molecular complexity index is 767. The molecule has 2 aromatic rings. The van der Waals surface area contributed by atoms with Crippen molar-refractivity contribution in [3.8, 4) is 0 Å². The van der Waals surface area contributed by atoms with E-state index in [1.807, 2.05) is 6.07 Å². The van der Waals surface area contributed by atoms with Gasteiger partial charge in [0.2, 0.25) is 0 Å². The Labute approximate surface area is 154 Å². The molecule has 1 heterocycles. The van der Waals surface area contributed by atoms with Crippen LogP contribution in [0.25, 0.3) is 0 Å². The number of hydrogen-bond acceptors (Lipinski definition) is 3. The van der Waals surface area contributed by atoms with Crippen LogP contribution in [0.4, 0.5) is 16.2 Å². The number of fused-ring (bicyclic) bond motifs is 1. The molecular weight excluding hydrogens is 326 g/mol. The van der Waals surface area contributed by atoms with E-state index in [0.717, 1.165) is 50.4 Å². The number of rotatable bonds is 4. The minimum absolute atomic E-state index is 0.166. The van der Waals surface area contributed by atoms with Crippen LogP contribution in [-0.4, -0.2) is 32.3 Å². The third-order valence-electron chi connectivity index (χ3n) is 5.12. The van der Waals surface area contributed by atoms with Gasteiger partial charge in [0.25, 0.3) is 0 Å². The van der Waals surface area contributed by atoms with Gasteiger partial charge in [-0.25, -0.2) is 4.79 Å². The number of amides is 2. The zero-order valence-electron chi connectivity index (χ0n) is 15.0. The van der Waals surface area contributed by atoms with Gasteiger partial charge in [0.05, 0.1) is 13.2 Å². The van der Waals surface area contributed by atoms with E-state index in [2.05, 4.69) is 51.9 Å². The lowest BCUT2D eigenvalue weighted by molar-refractivity contribution is 0.122. The van der Waals surface area contributed by atoms with Crippen molar-refractivity contribution in [3.63, 3.8) is 0 Å². The summed E-state index contributed by atoms with van der Waals surface area (Å²) in [4.78, 5) is 14.5. The molecule has 0 saturated carbocycles. The van der Waals surface area contributed by atoms with Gasteiger partial charge in [-0.1, -0.05) is 18.2 Å². The Kier molecular flexibility index (Phi) is 5.07. The number of aryl methyl sites for hydroxylation is 2. The van der Waals surface area contributed by atoms with E-state index in [9.17, 15) is 4.79 Å². The Morgan fingerprint density at radius 2 is 1.77 bits per heavy atom. The lowest BCUT2D eigenvalue weighted by Gasteiger charge is -2.28. The van der Waals surface area contributed by atoms with Gasteiger partial charge in [-0.2, -0.15) is 0 Å². The van der Waals surface area contributed by atoms with Crippen molar-refractivity contribution in [2.24, 2.45) is 0 Å². The number of urea groups is 1. The molecule has 2 aliphatic rings. The summed E-state index contributed by atoms with van der Waals surface area (Å²) >= 11 is 0. The van der Waals surface area contributed by atoms with Crippen molar-refractivity contribution in [2.75, 3.05) is 36.5 Å². The van der Waals surface area contributed by atoms with Crippen molar-refractivity contribution in [1.82, 2.24) is 5.32 Å². The zero-order valence-corrected chi connectivity index (χ0v) is 15.0. The molecule has 0 bridgehead atoms. The molecule has 1 saturated heterocycles. The van der Waals surface area contributed by atoms with Crippen LogP contribution in [0, 0.1) is 0 Å². The van der Waals surface area contributed by atoms with E-state index in [0.29, 0.717) is 6.54 Å². The number of nitrogens with one attached hydrogen (secondary N) is 2. The summed E-state index contributed by atoms with van der Waals surface area (Å²) in [5.74, 6) is 0. The molecule has 5 heteroatoms. The Morgan fingerprint density at radius 3 is 2.58 bits per heavy atom. The third-order valence-corrected chi connectivity index (χ3v) is 5.12. The molecular formula is C21H25N3O2. The number of anilines is 2. The Morgan fingerprint density at radius 1 is 1.00 bits per heavy atom. The molecule has 0 spiro atoms. The second-order valence-corrected chi connectivity index (χ2v) is 6.91. The lowest BCUT2D eigenvalue weighted by Crippen LogP contribution is -2.36. The SMILES string of the molecule is O=C(NCc1ccc(N2CCOCC2)cc1)Nc1ccc2c(c1)CCC2. The highest BCUT2D eigenvalue weighted by Gasteiger charge is 2.12. The molecule has 2 amide bonds. The van der Waals surface area contributed by atoms with Crippen molar-refractivity contribution >= 4 is 17.4 Å². The average Bonchev–Trinajstić information content (AvgIpc) is 3.15. The fourth-order valence-electron chi connectivity index (χ4n) is 3.65. The molecule has 5 nitrogen and oxygen atoms in total. The molecule has 1 aliphatic heterocycles. The minimum Gasteiger partial charge on any atom is -0.378 e. The summed E-state index contributed by atoms with van der Waals surface area (Å²) < 4.78 is 5.39. The van der Waals surface area contributed by atoms with Gasteiger partial charge in [0.15, 0.2) is 0 Å². The number of hydrogen-bond donors (Lipinski definition) is 2. The minimum atomic E-state index is -0.166. The standard InChI is InChI=1S/C21H25N3O2/c25-21(23-19-7-6-17-2-1-3-18(17)14-19)22-15-16-4-8-20(9-5-16)24-10-12-26-13-11-24/h4-9,14H,1-3,10-13,15H2,(H2,22,23,25). The van der Waals surface area contributed by atoms with E-state index in [1.54, 1.807) is 0 Å². The first-order valence-electron chi connectivity index (χ1n) is 9.36. The monoisotopic (exact) mass is 351 g/mol. The van der Waals surface area contributed by atoms with E-state index >= 15 is 0 Å². The summed E-state index contributed by atoms with van der Waals surface area (Å²) in [6, 6.07) is 14.4. The molecule has 1 aliphatic carbocycles. The summed E-state index contributed by atoms with van der Waals surface area (Å²) in [5.41, 5.74) is 5.94. The second-order valence-electron chi connectivity index (χ2n) is 6.91. The van der Waals surface area contributed by atoms with Crippen molar-refractivity contribution in [1.29, 1.82) is 0 Å². The fourth-order valence-corrected chi connectivity index (χ4v) is 3.65. The maximum Gasteiger partial charge on any atom is 0.319 e. The average molecular weight is 351 g/mol.